The number of allylic oxidation sites excluding steroid dienone is 1. The maximum Gasteiger partial charge on any atom is 0.0626 e. The van der Waals surface area contributed by atoms with E-state index in [1.807, 2.05) is 0 Å². The molecule has 0 saturated carbocycles. The molecular formula is C48H32N2. The van der Waals surface area contributed by atoms with Gasteiger partial charge >= 0.3 is 0 Å². The van der Waals surface area contributed by atoms with E-state index in [1.165, 1.54) is 98.8 Å². The molecular weight excluding hydrogens is 605 g/mol. The maximum absolute atomic E-state index is 2.49. The third kappa shape index (κ3) is 3.85. The summed E-state index contributed by atoms with van der Waals surface area (Å²) in [5.74, 6) is 0. The number of para-hydroxylation sites is 2. The monoisotopic (exact) mass is 636 g/mol. The highest BCUT2D eigenvalue weighted by Crippen LogP contribution is 2.46. The Hall–Kier alpha value is -6.38. The molecule has 0 N–H and O–H groups in total. The Kier molecular flexibility index (Phi) is 5.82. The maximum atomic E-state index is 2.49. The van der Waals surface area contributed by atoms with Crippen LogP contribution in [0.15, 0.2) is 164 Å². The van der Waals surface area contributed by atoms with Crippen LogP contribution in [0.4, 0.5) is 0 Å². The molecule has 0 bridgehead atoms. The number of hydrogen-bond acceptors (Lipinski definition) is 0. The van der Waals surface area contributed by atoms with Crippen molar-refractivity contribution in [1.82, 2.24) is 9.13 Å². The summed E-state index contributed by atoms with van der Waals surface area (Å²) in [6.45, 7) is 0. The Morgan fingerprint density at radius 3 is 1.80 bits per heavy atom. The van der Waals surface area contributed by atoms with E-state index in [0.29, 0.717) is 0 Å². The van der Waals surface area contributed by atoms with Crippen LogP contribution in [0.25, 0.3) is 93.6 Å². The molecule has 0 spiro atoms. The van der Waals surface area contributed by atoms with Gasteiger partial charge in [0.2, 0.25) is 0 Å². The van der Waals surface area contributed by atoms with E-state index in [4.69, 9.17) is 0 Å². The summed E-state index contributed by atoms with van der Waals surface area (Å²) < 4.78 is 4.96. The highest BCUT2D eigenvalue weighted by atomic mass is 15.0. The standard InChI is InChI=1S/C48H32N2/c1-3-14-34(15-4-1)49-43-22-12-11-20-38(43)41-29-32(24-27-44(41)49)33-25-28-45-42(30-33)47-46-36-18-8-7-13-31(36)23-26-39(46)37-19-9-10-21-40(37)48(47)50(45)35-16-5-2-6-17-35/h1-11,13-21,23-30H,12,22H2. The van der Waals surface area contributed by atoms with Crippen molar-refractivity contribution in [3.05, 3.63) is 175 Å². The fourth-order valence-corrected chi connectivity index (χ4v) is 8.79. The van der Waals surface area contributed by atoms with Crippen LogP contribution < -0.4 is 0 Å². The van der Waals surface area contributed by atoms with Gasteiger partial charge in [-0.15, -0.1) is 0 Å². The molecule has 2 aromatic heterocycles. The first-order chi connectivity index (χ1) is 24.8. The summed E-state index contributed by atoms with van der Waals surface area (Å²) in [5.41, 5.74) is 11.4. The first kappa shape index (κ1) is 27.6. The van der Waals surface area contributed by atoms with Crippen molar-refractivity contribution < 1.29 is 0 Å². The Morgan fingerprint density at radius 2 is 1.04 bits per heavy atom. The van der Waals surface area contributed by atoms with Crippen LogP contribution in [0.3, 0.4) is 0 Å². The number of aromatic nitrogens is 2. The molecule has 2 heteroatoms. The second-order valence-corrected chi connectivity index (χ2v) is 13.6. The van der Waals surface area contributed by atoms with Crippen LogP contribution in [0.5, 0.6) is 0 Å². The average molecular weight is 637 g/mol. The molecule has 0 atom stereocenters. The first-order valence-corrected chi connectivity index (χ1v) is 17.6. The molecule has 50 heavy (non-hydrogen) atoms. The minimum Gasteiger partial charge on any atom is -0.313 e. The lowest BCUT2D eigenvalue weighted by Gasteiger charge is -2.13. The van der Waals surface area contributed by atoms with Gasteiger partial charge < -0.3 is 9.13 Å². The van der Waals surface area contributed by atoms with Crippen LogP contribution in [-0.4, -0.2) is 9.13 Å². The molecule has 0 saturated heterocycles. The van der Waals surface area contributed by atoms with Gasteiger partial charge in [-0.25, -0.2) is 0 Å². The van der Waals surface area contributed by atoms with Gasteiger partial charge in [0.25, 0.3) is 0 Å². The third-order valence-electron chi connectivity index (χ3n) is 10.9. The largest absolute Gasteiger partial charge is 0.313 e. The zero-order valence-electron chi connectivity index (χ0n) is 27.5. The zero-order chi connectivity index (χ0) is 32.8. The molecule has 0 radical (unpaired) electrons. The molecule has 0 unspecified atom stereocenters. The van der Waals surface area contributed by atoms with E-state index in [2.05, 4.69) is 179 Å². The molecule has 1 aliphatic carbocycles. The summed E-state index contributed by atoms with van der Waals surface area (Å²) in [7, 11) is 0. The van der Waals surface area contributed by atoms with Gasteiger partial charge in [-0.3, -0.25) is 0 Å². The van der Waals surface area contributed by atoms with Crippen LogP contribution >= 0.6 is 0 Å². The highest BCUT2D eigenvalue weighted by molar-refractivity contribution is 6.37. The summed E-state index contributed by atoms with van der Waals surface area (Å²) in [6, 6.07) is 58.3. The van der Waals surface area contributed by atoms with E-state index in [1.54, 1.807) is 0 Å². The van der Waals surface area contributed by atoms with Gasteiger partial charge in [-0.1, -0.05) is 121 Å². The van der Waals surface area contributed by atoms with E-state index < -0.39 is 0 Å². The zero-order valence-corrected chi connectivity index (χ0v) is 27.5. The molecule has 0 fully saturated rings. The second-order valence-electron chi connectivity index (χ2n) is 13.6. The fraction of sp³-hybridized carbons (Fsp3) is 0.0417. The molecule has 8 aromatic carbocycles. The second kappa shape index (κ2) is 10.6. The predicted octanol–water partition coefficient (Wildman–Crippen LogP) is 12.8. The quantitative estimate of drug-likeness (QED) is 0.171. The average Bonchev–Trinajstić information content (AvgIpc) is 3.71. The van der Waals surface area contributed by atoms with E-state index >= 15 is 0 Å². The molecule has 0 aliphatic heterocycles. The Labute approximate surface area is 289 Å². The summed E-state index contributed by atoms with van der Waals surface area (Å²) in [6.07, 6.45) is 6.78. The third-order valence-corrected chi connectivity index (χ3v) is 10.9. The molecule has 0 amide bonds. The number of nitrogens with zero attached hydrogens (tertiary/aromatic N) is 2. The van der Waals surface area contributed by atoms with Gasteiger partial charge in [0.05, 0.1) is 16.6 Å². The van der Waals surface area contributed by atoms with Crippen molar-refractivity contribution in [3.8, 4) is 22.5 Å². The highest BCUT2D eigenvalue weighted by Gasteiger charge is 2.22. The lowest BCUT2D eigenvalue weighted by molar-refractivity contribution is 0.888. The molecule has 10 aromatic rings. The van der Waals surface area contributed by atoms with E-state index in [0.717, 1.165) is 12.8 Å². The van der Waals surface area contributed by atoms with Crippen molar-refractivity contribution in [2.75, 3.05) is 0 Å². The van der Waals surface area contributed by atoms with Crippen molar-refractivity contribution in [1.29, 1.82) is 0 Å². The lowest BCUT2D eigenvalue weighted by Crippen LogP contribution is -2.02. The fourth-order valence-electron chi connectivity index (χ4n) is 8.79. The van der Waals surface area contributed by atoms with Gasteiger partial charge in [-0.2, -0.15) is 0 Å². The Morgan fingerprint density at radius 1 is 0.420 bits per heavy atom. The molecule has 1 aliphatic rings. The lowest BCUT2D eigenvalue weighted by atomic mass is 9.92. The van der Waals surface area contributed by atoms with Gasteiger partial charge in [-0.05, 0) is 94.0 Å². The first-order valence-electron chi connectivity index (χ1n) is 17.6. The van der Waals surface area contributed by atoms with Crippen LogP contribution in [0.2, 0.25) is 0 Å². The van der Waals surface area contributed by atoms with Crippen molar-refractivity contribution in [3.63, 3.8) is 0 Å². The molecule has 2 heterocycles. The molecule has 2 nitrogen and oxygen atoms in total. The number of rotatable bonds is 3. The number of benzene rings is 8. The topological polar surface area (TPSA) is 9.86 Å². The number of hydrogen-bond donors (Lipinski definition) is 0. The van der Waals surface area contributed by atoms with Crippen molar-refractivity contribution >= 4 is 71.1 Å². The van der Waals surface area contributed by atoms with Crippen LogP contribution in [0.1, 0.15) is 17.7 Å². The van der Waals surface area contributed by atoms with Crippen molar-refractivity contribution in [2.45, 2.75) is 12.8 Å². The smallest absolute Gasteiger partial charge is 0.0626 e. The predicted molar refractivity (Wildman–Crippen MR) is 213 cm³/mol. The van der Waals surface area contributed by atoms with Crippen molar-refractivity contribution in [2.24, 2.45) is 0 Å². The van der Waals surface area contributed by atoms with Gasteiger partial charge in [0.15, 0.2) is 0 Å². The summed E-state index contributed by atoms with van der Waals surface area (Å²) in [5, 5.41) is 11.6. The summed E-state index contributed by atoms with van der Waals surface area (Å²) >= 11 is 0. The van der Waals surface area contributed by atoms with E-state index in [9.17, 15) is 0 Å². The minimum atomic E-state index is 1.05. The van der Waals surface area contributed by atoms with E-state index in [-0.39, 0.29) is 0 Å². The molecule has 11 rings (SSSR count). The van der Waals surface area contributed by atoms with Crippen LogP contribution in [-0.2, 0) is 6.42 Å². The number of fused-ring (bicyclic) bond motifs is 13. The molecule has 234 valence electrons. The normalized spacial score (nSPS) is 13.0. The van der Waals surface area contributed by atoms with Gasteiger partial charge in [0, 0.05) is 49.6 Å². The Bertz CT molecular complexity index is 3010. The SMILES string of the molecule is C1=Cc2c(n(-c3ccccc3)c3ccc(-c4ccc5c(c4)c4c6c7ccccc7ccc6c6ccccc6c4n5-c4ccccc4)cc23)CC1. The minimum absolute atomic E-state index is 1.05. The summed E-state index contributed by atoms with van der Waals surface area (Å²) in [4.78, 5) is 0. The van der Waals surface area contributed by atoms with Gasteiger partial charge in [0.1, 0.15) is 0 Å². The Balaban J connectivity index is 1.26. The van der Waals surface area contributed by atoms with Crippen LogP contribution in [0, 0.1) is 0 Å².